The molecule has 4 N–H and O–H groups in total. The molecule has 16 nitrogen and oxygen atoms in total. The van der Waals surface area contributed by atoms with E-state index in [4.69, 9.17) is 23.9 Å². The lowest BCUT2D eigenvalue weighted by Gasteiger charge is -2.35. The number of fused-ring (bicyclic) bond motifs is 1. The highest BCUT2D eigenvalue weighted by Gasteiger charge is 2.61. The summed E-state index contributed by atoms with van der Waals surface area (Å²) in [5, 5.41) is 20.9. The summed E-state index contributed by atoms with van der Waals surface area (Å²) in [7, 11) is 1.54. The first-order valence-corrected chi connectivity index (χ1v) is 20.4. The van der Waals surface area contributed by atoms with Crippen LogP contribution in [0.25, 0.3) is 22.3 Å². The van der Waals surface area contributed by atoms with Crippen molar-refractivity contribution in [1.82, 2.24) is 25.5 Å². The second-order valence-electron chi connectivity index (χ2n) is 16.4. The Morgan fingerprint density at radius 1 is 1.03 bits per heavy atom. The van der Waals surface area contributed by atoms with E-state index in [0.29, 0.717) is 38.9 Å². The smallest absolute Gasteiger partial charge is 0.413 e. The van der Waals surface area contributed by atoms with Gasteiger partial charge in [-0.1, -0.05) is 33.3 Å². The van der Waals surface area contributed by atoms with Crippen LogP contribution in [0.2, 0.25) is 0 Å². The highest BCUT2D eigenvalue weighted by atomic mass is 32.1. The summed E-state index contributed by atoms with van der Waals surface area (Å²) in [4.78, 5) is 77.4. The summed E-state index contributed by atoms with van der Waals surface area (Å²) in [6.07, 6.45) is 3.46. The number of pyridine rings is 1. The largest absolute Gasteiger partial charge is 0.497 e. The van der Waals surface area contributed by atoms with Crippen LogP contribution in [0.1, 0.15) is 79.6 Å². The molecular formula is C41H52N6O10S. The average molecular weight is 821 g/mol. The Labute approximate surface area is 341 Å². The fraction of sp³-hybridized carbons (Fsp3) is 0.537. The summed E-state index contributed by atoms with van der Waals surface area (Å²) in [5.41, 5.74) is -0.982. The van der Waals surface area contributed by atoms with Gasteiger partial charge in [0, 0.05) is 35.2 Å². The van der Waals surface area contributed by atoms with Gasteiger partial charge in [0.1, 0.15) is 47.0 Å². The van der Waals surface area contributed by atoms with Gasteiger partial charge in [0.2, 0.25) is 11.8 Å². The minimum Gasteiger partial charge on any atom is -0.497 e. The van der Waals surface area contributed by atoms with E-state index in [1.54, 1.807) is 64.3 Å². The topological polar surface area (TPSA) is 208 Å². The van der Waals surface area contributed by atoms with Gasteiger partial charge in [-0.2, -0.15) is 0 Å². The van der Waals surface area contributed by atoms with Gasteiger partial charge in [-0.25, -0.2) is 24.4 Å². The fourth-order valence-corrected chi connectivity index (χ4v) is 8.18. The maximum absolute atomic E-state index is 14.6. The van der Waals surface area contributed by atoms with E-state index in [1.807, 2.05) is 0 Å². The summed E-state index contributed by atoms with van der Waals surface area (Å²) in [6.45, 7) is 12.6. The standard InChI is InChI=1S/C41H52N6O10S/c1-8-23-19-41(23,36(50)51)46-34(48)31-17-26(20-47(31)35(49)33(40(4,5)6)44-38(52)57-24-12-10-9-11-13-24)56-32-18-29(42-28-16-25(54-7)14-15-27(28)32)30-21-58-37(43-30)45-39(53)55-22(2)3/h8,14-16,18,21-24,26,31,33H,1,9-13,17,19-20H2,2-7H3,(H,44,52)(H,46,48)(H,50,51)(H,43,45,53)/t23-,26-,31+,33-,41-/m1/s1. The van der Waals surface area contributed by atoms with E-state index in [-0.39, 0.29) is 31.6 Å². The Hall–Kier alpha value is -5.45. The van der Waals surface area contributed by atoms with Gasteiger partial charge in [-0.05, 0) is 63.5 Å². The predicted octanol–water partition coefficient (Wildman–Crippen LogP) is 6.29. The van der Waals surface area contributed by atoms with Crippen LogP contribution in [0, 0.1) is 11.3 Å². The Morgan fingerprint density at radius 3 is 2.41 bits per heavy atom. The maximum atomic E-state index is 14.6. The molecule has 3 aromatic rings. The first-order valence-electron chi connectivity index (χ1n) is 19.6. The molecule has 0 bridgehead atoms. The van der Waals surface area contributed by atoms with Crippen LogP contribution in [0.3, 0.4) is 0 Å². The maximum Gasteiger partial charge on any atom is 0.413 e. The minimum atomic E-state index is -1.54. The summed E-state index contributed by atoms with van der Waals surface area (Å²) in [5.74, 6) is -1.96. The second kappa shape index (κ2) is 17.2. The molecule has 1 aromatic carbocycles. The van der Waals surface area contributed by atoms with Gasteiger partial charge in [0.15, 0.2) is 5.13 Å². The van der Waals surface area contributed by atoms with E-state index in [2.05, 4.69) is 27.5 Å². The number of anilines is 1. The first kappa shape index (κ1) is 42.2. The second-order valence-corrected chi connectivity index (χ2v) is 17.3. The number of thiazole rings is 1. The van der Waals surface area contributed by atoms with E-state index in [1.165, 1.54) is 29.4 Å². The van der Waals surface area contributed by atoms with Crippen molar-refractivity contribution < 1.29 is 48.0 Å². The molecular weight excluding hydrogens is 769 g/mol. The van der Waals surface area contributed by atoms with Crippen molar-refractivity contribution in [3.63, 3.8) is 0 Å². The number of hydrogen-bond acceptors (Lipinski definition) is 12. The van der Waals surface area contributed by atoms with Crippen molar-refractivity contribution >= 4 is 57.3 Å². The number of hydrogen-bond donors (Lipinski definition) is 4. The lowest BCUT2D eigenvalue weighted by atomic mass is 9.85. The number of alkyl carbamates (subject to hydrolysis) is 1. The number of amides is 4. The Bertz CT molecular complexity index is 2060. The first-order chi connectivity index (χ1) is 27.5. The number of rotatable bonds is 13. The van der Waals surface area contributed by atoms with Crippen molar-refractivity contribution in [3.05, 3.63) is 42.3 Å². The summed E-state index contributed by atoms with van der Waals surface area (Å²) in [6, 6.07) is 4.73. The van der Waals surface area contributed by atoms with E-state index in [0.717, 1.165) is 32.1 Å². The molecule has 0 radical (unpaired) electrons. The fourth-order valence-electron chi connectivity index (χ4n) is 7.49. The van der Waals surface area contributed by atoms with Gasteiger partial charge in [-0.3, -0.25) is 14.9 Å². The molecule has 2 aliphatic carbocycles. The number of methoxy groups -OCH3 is 1. The molecule has 312 valence electrons. The summed E-state index contributed by atoms with van der Waals surface area (Å²) < 4.78 is 23.0. The van der Waals surface area contributed by atoms with Gasteiger partial charge in [0.05, 0.1) is 31.0 Å². The van der Waals surface area contributed by atoms with Crippen LogP contribution >= 0.6 is 11.3 Å². The Balaban J connectivity index is 1.31. The van der Waals surface area contributed by atoms with Gasteiger partial charge in [-0.15, -0.1) is 17.9 Å². The lowest BCUT2D eigenvalue weighted by Crippen LogP contribution is -2.59. The van der Waals surface area contributed by atoms with Crippen LogP contribution in [0.5, 0.6) is 11.5 Å². The summed E-state index contributed by atoms with van der Waals surface area (Å²) >= 11 is 1.19. The number of carboxylic acid groups (broad SMARTS) is 1. The number of carbonyl (C=O) groups excluding carboxylic acids is 4. The zero-order valence-electron chi connectivity index (χ0n) is 33.7. The number of aromatic nitrogens is 2. The third-order valence-corrected chi connectivity index (χ3v) is 11.4. The Kier molecular flexibility index (Phi) is 12.5. The predicted molar refractivity (Wildman–Crippen MR) is 216 cm³/mol. The molecule has 3 heterocycles. The van der Waals surface area contributed by atoms with Gasteiger partial charge < -0.3 is 39.6 Å². The number of carboxylic acids is 1. The third kappa shape index (κ3) is 9.46. The SMILES string of the molecule is C=C[C@@H]1C[C@]1(NC(=O)[C@@H]1C[C@@H](Oc2cc(-c3csc(NC(=O)OC(C)C)n3)nc3cc(OC)ccc23)CN1C(=O)[C@@H](NC(=O)OC1CCCCC1)C(C)(C)C)C(=O)O. The van der Waals surface area contributed by atoms with Crippen molar-refractivity contribution in [3.8, 4) is 22.9 Å². The van der Waals surface area contributed by atoms with Crippen molar-refractivity contribution in [2.24, 2.45) is 11.3 Å². The zero-order chi connectivity index (χ0) is 41.9. The van der Waals surface area contributed by atoms with E-state index in [9.17, 15) is 29.1 Å². The molecule has 2 saturated carbocycles. The highest BCUT2D eigenvalue weighted by Crippen LogP contribution is 2.45. The molecule has 3 fully saturated rings. The number of ether oxygens (including phenoxy) is 4. The van der Waals surface area contributed by atoms with Crippen LogP contribution in [0.4, 0.5) is 14.7 Å². The number of nitrogens with one attached hydrogen (secondary N) is 3. The van der Waals surface area contributed by atoms with E-state index >= 15 is 0 Å². The number of likely N-dealkylation sites (tertiary alicyclic amines) is 1. The molecule has 58 heavy (non-hydrogen) atoms. The molecule has 6 rings (SSSR count). The number of carbonyl (C=O) groups is 5. The number of aliphatic carboxylic acids is 1. The Morgan fingerprint density at radius 2 is 1.78 bits per heavy atom. The van der Waals surface area contributed by atoms with Crippen molar-refractivity contribution in [2.45, 2.75) is 115 Å². The van der Waals surface area contributed by atoms with Crippen LogP contribution in [-0.4, -0.2) is 99.5 Å². The molecule has 1 aliphatic heterocycles. The molecule has 0 unspecified atom stereocenters. The molecule has 17 heteroatoms. The van der Waals surface area contributed by atoms with Crippen molar-refractivity contribution in [1.29, 1.82) is 0 Å². The molecule has 5 atom stereocenters. The van der Waals surface area contributed by atoms with Gasteiger partial charge >= 0.3 is 18.2 Å². The minimum absolute atomic E-state index is 0.00739. The molecule has 2 aromatic heterocycles. The highest BCUT2D eigenvalue weighted by molar-refractivity contribution is 7.14. The van der Waals surface area contributed by atoms with Crippen LogP contribution in [-0.2, 0) is 23.9 Å². The molecule has 1 saturated heterocycles. The average Bonchev–Trinajstić information content (AvgIpc) is 3.44. The van der Waals surface area contributed by atoms with E-state index < -0.39 is 65.0 Å². The number of benzene rings is 1. The van der Waals surface area contributed by atoms with Gasteiger partial charge in [0.25, 0.3) is 0 Å². The zero-order valence-corrected chi connectivity index (χ0v) is 34.5. The van der Waals surface area contributed by atoms with Crippen LogP contribution < -0.4 is 25.4 Å². The third-order valence-electron chi connectivity index (χ3n) is 10.7. The quantitative estimate of drug-likeness (QED) is 0.140. The lowest BCUT2D eigenvalue weighted by molar-refractivity contribution is -0.146. The number of nitrogens with zero attached hydrogens (tertiary/aromatic N) is 3. The normalized spacial score (nSPS) is 22.5. The van der Waals surface area contributed by atoms with Crippen molar-refractivity contribution in [2.75, 3.05) is 19.0 Å². The molecule has 4 amide bonds. The molecule has 3 aliphatic rings. The molecule has 0 spiro atoms. The van der Waals surface area contributed by atoms with Crippen LogP contribution in [0.15, 0.2) is 42.3 Å². The monoisotopic (exact) mass is 820 g/mol.